The first kappa shape index (κ1) is 28.8. The molecule has 2 aliphatic rings. The molecule has 3 heteroatoms. The molecule has 0 amide bonds. The summed E-state index contributed by atoms with van der Waals surface area (Å²) in [4.78, 5) is 13.7. The fourth-order valence-corrected chi connectivity index (χ4v) is 8.97. The van der Waals surface area contributed by atoms with Crippen molar-refractivity contribution in [3.63, 3.8) is 0 Å². The molecular formula is C47H34N2O. The van der Waals surface area contributed by atoms with Crippen LogP contribution in [0.5, 0.6) is 0 Å². The van der Waals surface area contributed by atoms with E-state index < -0.39 is 0 Å². The quantitative estimate of drug-likeness (QED) is 0.184. The second-order valence-electron chi connectivity index (χ2n) is 14.1. The van der Waals surface area contributed by atoms with Crippen LogP contribution in [0.15, 0.2) is 146 Å². The summed E-state index contributed by atoms with van der Waals surface area (Å²) in [6.07, 6.45) is 0. The smallest absolute Gasteiger partial charge is 0.194 e. The lowest BCUT2D eigenvalue weighted by atomic mass is 9.82. The van der Waals surface area contributed by atoms with E-state index in [1.807, 2.05) is 18.2 Å². The molecule has 0 radical (unpaired) electrons. The van der Waals surface area contributed by atoms with Crippen LogP contribution in [0, 0.1) is 0 Å². The summed E-state index contributed by atoms with van der Waals surface area (Å²) in [5.41, 5.74) is 15.5. The summed E-state index contributed by atoms with van der Waals surface area (Å²) < 4.78 is 4.77. The molecule has 0 atom stereocenters. The lowest BCUT2D eigenvalue weighted by molar-refractivity contribution is 0.104. The van der Waals surface area contributed by atoms with Gasteiger partial charge in [0.05, 0.1) is 22.1 Å². The lowest BCUT2D eigenvalue weighted by Gasteiger charge is -2.21. The maximum Gasteiger partial charge on any atom is 0.194 e. The average Bonchev–Trinajstić information content (AvgIpc) is 3.81. The molecule has 3 nitrogen and oxygen atoms in total. The van der Waals surface area contributed by atoms with E-state index in [-0.39, 0.29) is 18.6 Å². The van der Waals surface area contributed by atoms with Gasteiger partial charge in [-0.1, -0.05) is 118 Å². The minimum Gasteiger partial charge on any atom is -0.309 e. The second-order valence-corrected chi connectivity index (χ2v) is 14.1. The van der Waals surface area contributed by atoms with Gasteiger partial charge >= 0.3 is 0 Å². The minimum atomic E-state index is -0.108. The number of nitrogens with zero attached hydrogens (tertiary/aromatic N) is 2. The normalized spacial score (nSPS) is 13.8. The number of aromatic nitrogens is 2. The van der Waals surface area contributed by atoms with Crippen LogP contribution in [-0.4, -0.2) is 14.9 Å². The van der Waals surface area contributed by atoms with E-state index in [9.17, 15) is 4.79 Å². The fourth-order valence-electron chi connectivity index (χ4n) is 8.97. The van der Waals surface area contributed by atoms with Crippen LogP contribution < -0.4 is 0 Å². The van der Waals surface area contributed by atoms with Crippen molar-refractivity contribution in [3.8, 4) is 33.6 Å². The molecule has 0 fully saturated rings. The number of carbonyl (C=O) groups is 1. The average molecular weight is 643 g/mol. The van der Waals surface area contributed by atoms with Gasteiger partial charge in [0.2, 0.25) is 0 Å². The second kappa shape index (κ2) is 9.93. The van der Waals surface area contributed by atoms with Gasteiger partial charge in [-0.3, -0.25) is 4.79 Å². The molecule has 0 bridgehead atoms. The molecule has 0 saturated carbocycles. The number of para-hydroxylation sites is 2. The van der Waals surface area contributed by atoms with Crippen molar-refractivity contribution in [1.29, 1.82) is 0 Å². The van der Waals surface area contributed by atoms with Crippen LogP contribution in [0.4, 0.5) is 0 Å². The van der Waals surface area contributed by atoms with Gasteiger partial charge in [-0.05, 0) is 81.9 Å². The molecule has 11 rings (SSSR count). The summed E-state index contributed by atoms with van der Waals surface area (Å²) in [6.45, 7) is 4.68. The zero-order valence-corrected chi connectivity index (χ0v) is 27.2. The molecule has 0 N–H and O–H groups in total. The Morgan fingerprint density at radius 2 is 0.940 bits per heavy atom. The monoisotopic (exact) mass is 642 g/mol. The van der Waals surface area contributed by atoms with Crippen molar-refractivity contribution in [2.45, 2.75) is 26.7 Å². The topological polar surface area (TPSA) is 26.9 Å². The molecular weight excluding hydrogens is 609 g/mol. The Morgan fingerprint density at radius 3 is 1.70 bits per heavy atom. The van der Waals surface area contributed by atoms with Crippen LogP contribution in [-0.2, 0) is 5.41 Å². The van der Waals surface area contributed by atoms with Gasteiger partial charge in [-0.25, -0.2) is 0 Å². The summed E-state index contributed by atoms with van der Waals surface area (Å²) in [7, 11) is 0. The fraction of sp³-hybridized carbons (Fsp3) is 0.0851. The highest BCUT2D eigenvalue weighted by Crippen LogP contribution is 2.51. The molecule has 2 heterocycles. The highest BCUT2D eigenvalue weighted by Gasteiger charge is 2.36. The van der Waals surface area contributed by atoms with Crippen molar-refractivity contribution >= 4 is 49.4 Å². The molecule has 2 aromatic heterocycles. The zero-order valence-electron chi connectivity index (χ0n) is 27.2. The number of ketones is 1. The Labute approximate surface area is 290 Å². The van der Waals surface area contributed by atoms with Crippen molar-refractivity contribution < 1.29 is 4.79 Å². The van der Waals surface area contributed by atoms with Crippen LogP contribution in [0.25, 0.3) is 77.2 Å². The van der Waals surface area contributed by atoms with E-state index in [4.69, 9.17) is 0 Å². The third-order valence-corrected chi connectivity index (χ3v) is 11.3. The van der Waals surface area contributed by atoms with Gasteiger partial charge in [0.25, 0.3) is 0 Å². The largest absolute Gasteiger partial charge is 0.309 e. The minimum absolute atomic E-state index is 0. The molecule has 0 unspecified atom stereocenters. The van der Waals surface area contributed by atoms with Crippen molar-refractivity contribution in [2.24, 2.45) is 0 Å². The number of hydrogen-bond acceptors (Lipinski definition) is 1. The van der Waals surface area contributed by atoms with E-state index in [0.717, 1.165) is 44.7 Å². The van der Waals surface area contributed by atoms with Crippen molar-refractivity contribution in [1.82, 2.24) is 9.13 Å². The predicted molar refractivity (Wildman–Crippen MR) is 208 cm³/mol. The number of fused-ring (bicyclic) bond motifs is 12. The predicted octanol–water partition coefficient (Wildman–Crippen LogP) is 12.0. The molecule has 7 aromatic carbocycles. The van der Waals surface area contributed by atoms with Gasteiger partial charge in [0, 0.05) is 49.5 Å². The highest BCUT2D eigenvalue weighted by atomic mass is 16.1. The van der Waals surface area contributed by atoms with Crippen LogP contribution in [0.1, 0.15) is 48.3 Å². The first-order valence-corrected chi connectivity index (χ1v) is 17.0. The first-order chi connectivity index (χ1) is 24.0. The number of carbonyl (C=O) groups excluding carboxylic acids is 1. The standard InChI is InChI=1S/C46H30N2O.CH4/c1-46(2)39-16-8-5-12-31(39)36-26-44-37(25-40(36)46)34-22-20-28(47-41-17-9-6-13-32(41)33-14-7-10-18-42(33)47)24-43(34)48(44)27-19-21-30-29-11-3-4-15-35(29)45(49)38(30)23-27;/h3-26H,1-2H3;1H4. The van der Waals surface area contributed by atoms with E-state index in [1.165, 1.54) is 54.8 Å². The van der Waals surface area contributed by atoms with Crippen LogP contribution in [0.3, 0.4) is 0 Å². The Bertz CT molecular complexity index is 2880. The molecule has 238 valence electrons. The van der Waals surface area contributed by atoms with Crippen LogP contribution in [0.2, 0.25) is 0 Å². The van der Waals surface area contributed by atoms with E-state index in [0.29, 0.717) is 0 Å². The molecule has 0 aliphatic heterocycles. The third-order valence-electron chi connectivity index (χ3n) is 11.3. The Kier molecular flexibility index (Phi) is 5.72. The van der Waals surface area contributed by atoms with Crippen LogP contribution >= 0.6 is 0 Å². The third kappa shape index (κ3) is 3.56. The van der Waals surface area contributed by atoms with Gasteiger partial charge in [-0.15, -0.1) is 0 Å². The SMILES string of the molecule is C.CC1(C)c2ccccc2-c2cc3c(cc21)c1ccc(-n2c4ccccc4c4ccccc42)cc1n3-c1ccc2c(c1)C(=O)c1ccccc1-2. The Balaban J connectivity index is 0.00000316. The van der Waals surface area contributed by atoms with E-state index in [2.05, 4.69) is 150 Å². The maximum absolute atomic E-state index is 13.7. The summed E-state index contributed by atoms with van der Waals surface area (Å²) in [5, 5.41) is 4.91. The lowest BCUT2D eigenvalue weighted by Crippen LogP contribution is -2.14. The molecule has 9 aromatic rings. The first-order valence-electron chi connectivity index (χ1n) is 17.0. The molecule has 0 spiro atoms. The number of rotatable bonds is 2. The summed E-state index contributed by atoms with van der Waals surface area (Å²) >= 11 is 0. The van der Waals surface area contributed by atoms with Crippen molar-refractivity contribution in [2.75, 3.05) is 0 Å². The van der Waals surface area contributed by atoms with Gasteiger partial charge in [-0.2, -0.15) is 0 Å². The van der Waals surface area contributed by atoms with E-state index >= 15 is 0 Å². The summed E-state index contributed by atoms with van der Waals surface area (Å²) in [6, 6.07) is 52.2. The zero-order chi connectivity index (χ0) is 32.6. The molecule has 2 aliphatic carbocycles. The highest BCUT2D eigenvalue weighted by molar-refractivity contribution is 6.22. The summed E-state index contributed by atoms with van der Waals surface area (Å²) in [5.74, 6) is 0.0933. The Hall–Kier alpha value is -6.19. The van der Waals surface area contributed by atoms with Crippen molar-refractivity contribution in [3.05, 3.63) is 168 Å². The number of hydrogen-bond donors (Lipinski definition) is 0. The maximum atomic E-state index is 13.7. The van der Waals surface area contributed by atoms with Gasteiger partial charge in [0.1, 0.15) is 0 Å². The molecule has 0 saturated heterocycles. The Morgan fingerprint density at radius 1 is 0.400 bits per heavy atom. The van der Waals surface area contributed by atoms with Gasteiger partial charge in [0.15, 0.2) is 5.78 Å². The molecule has 50 heavy (non-hydrogen) atoms. The van der Waals surface area contributed by atoms with Gasteiger partial charge < -0.3 is 9.13 Å². The van der Waals surface area contributed by atoms with E-state index in [1.54, 1.807) is 0 Å². The number of benzene rings is 7.